The third kappa shape index (κ3) is 7.58. The summed E-state index contributed by atoms with van der Waals surface area (Å²) in [4.78, 5) is 16.4. The molecule has 1 N–H and O–H groups in total. The molecule has 1 aliphatic heterocycles. The van der Waals surface area contributed by atoms with Gasteiger partial charge in [-0.2, -0.15) is 21.6 Å². The SMILES string of the molecule is O=C(CCSC1c2ccccc2COc2ccc(C=Cc3ccc4cc(F)c(F)cc4n3)cc21)NS(=O)(=O)C(F)(F)F.[NaH]. The molecule has 1 unspecified atom stereocenters. The van der Waals surface area contributed by atoms with Gasteiger partial charge in [0, 0.05) is 29.2 Å². The number of nitrogens with one attached hydrogen (secondary N) is 1. The molecule has 14 heteroatoms. The van der Waals surface area contributed by atoms with Crippen molar-refractivity contribution in [1.29, 1.82) is 0 Å². The second-order valence-corrected chi connectivity index (χ2v) is 12.2. The van der Waals surface area contributed by atoms with Gasteiger partial charge in [0.25, 0.3) is 0 Å². The zero-order valence-electron chi connectivity index (χ0n) is 21.5. The van der Waals surface area contributed by atoms with Gasteiger partial charge < -0.3 is 4.74 Å². The standard InChI is InChI=1S/C29H21F5N2O4S2.Na.H/c30-23-14-18-7-9-20(35-25(18)15-24(23)31)8-5-17-6-10-26-22(13-17)28(21-4-2-1-3-19(21)16-40-26)41-12-11-27(37)36-42(38,39)29(32,33)34;;/h1-10,13-15,28H,11-12,16H2,(H,36,37);;. The molecule has 43 heavy (non-hydrogen) atoms. The van der Waals surface area contributed by atoms with Crippen LogP contribution in [-0.4, -0.2) is 60.1 Å². The average Bonchev–Trinajstić information content (AvgIpc) is 3.08. The summed E-state index contributed by atoms with van der Waals surface area (Å²) in [6, 6.07) is 18.3. The molecule has 220 valence electrons. The number of thioether (sulfide) groups is 1. The van der Waals surface area contributed by atoms with Gasteiger partial charge in [-0.1, -0.05) is 42.5 Å². The van der Waals surface area contributed by atoms with E-state index in [1.807, 2.05) is 36.4 Å². The number of nitrogens with zero attached hydrogens (tertiary/aromatic N) is 1. The van der Waals surface area contributed by atoms with E-state index in [0.717, 1.165) is 39.1 Å². The van der Waals surface area contributed by atoms with Crippen molar-refractivity contribution in [1.82, 2.24) is 9.71 Å². The predicted octanol–water partition coefficient (Wildman–Crippen LogP) is 6.11. The van der Waals surface area contributed by atoms with Gasteiger partial charge in [0.1, 0.15) is 12.4 Å². The maximum absolute atomic E-state index is 13.7. The molecule has 1 aromatic heterocycles. The summed E-state index contributed by atoms with van der Waals surface area (Å²) in [6.07, 6.45) is 3.02. The number of pyridine rings is 1. The Hall–Kier alpha value is -2.97. The molecule has 4 aromatic rings. The summed E-state index contributed by atoms with van der Waals surface area (Å²) in [5, 5.41) is 0.0761. The molecular formula is C29H22F5N2NaO4S2. The van der Waals surface area contributed by atoms with E-state index in [1.165, 1.54) is 11.8 Å². The first-order valence-electron chi connectivity index (χ1n) is 12.4. The molecule has 1 amide bonds. The molecule has 0 saturated heterocycles. The Morgan fingerprint density at radius 1 is 1.00 bits per heavy atom. The number of benzene rings is 3. The quantitative estimate of drug-likeness (QED) is 0.193. The topological polar surface area (TPSA) is 85.4 Å². The fourth-order valence-electron chi connectivity index (χ4n) is 4.37. The third-order valence-electron chi connectivity index (χ3n) is 6.40. The first kappa shape index (κ1) is 32.9. The van der Waals surface area contributed by atoms with Crippen molar-refractivity contribution in [3.63, 3.8) is 0 Å². The van der Waals surface area contributed by atoms with Crippen LogP contribution in [0.3, 0.4) is 0 Å². The van der Waals surface area contributed by atoms with Gasteiger partial charge in [-0.05, 0) is 47.0 Å². The molecule has 0 bridgehead atoms. The summed E-state index contributed by atoms with van der Waals surface area (Å²) in [7, 11) is -5.78. The Labute approximate surface area is 270 Å². The van der Waals surface area contributed by atoms with Crippen molar-refractivity contribution in [3.05, 3.63) is 106 Å². The molecule has 3 aromatic carbocycles. The summed E-state index contributed by atoms with van der Waals surface area (Å²) in [5.74, 6) is -2.62. The molecular weight excluding hydrogens is 622 g/mol. The van der Waals surface area contributed by atoms with E-state index >= 15 is 0 Å². The zero-order chi connectivity index (χ0) is 30.1. The van der Waals surface area contributed by atoms with Crippen LogP contribution in [0.15, 0.2) is 66.7 Å². The van der Waals surface area contributed by atoms with E-state index in [9.17, 15) is 35.2 Å². The number of carbonyl (C=O) groups excluding carboxylic acids is 1. The number of amides is 1. The van der Waals surface area contributed by atoms with Crippen molar-refractivity contribution in [2.75, 3.05) is 5.75 Å². The van der Waals surface area contributed by atoms with E-state index in [0.29, 0.717) is 22.3 Å². The fourth-order valence-corrected chi connectivity index (χ4v) is 6.20. The Morgan fingerprint density at radius 2 is 1.74 bits per heavy atom. The molecule has 1 aliphatic rings. The number of hydrogen-bond acceptors (Lipinski definition) is 6. The van der Waals surface area contributed by atoms with E-state index in [1.54, 1.807) is 30.4 Å². The predicted molar refractivity (Wildman–Crippen MR) is 157 cm³/mol. The molecule has 5 rings (SSSR count). The van der Waals surface area contributed by atoms with Crippen LogP contribution in [0.2, 0.25) is 0 Å². The molecule has 0 radical (unpaired) electrons. The minimum atomic E-state index is -5.78. The van der Waals surface area contributed by atoms with Crippen molar-refractivity contribution < 1.29 is 39.9 Å². The third-order valence-corrected chi connectivity index (χ3v) is 8.79. The molecule has 0 aliphatic carbocycles. The van der Waals surface area contributed by atoms with Gasteiger partial charge >= 0.3 is 45.1 Å². The Morgan fingerprint density at radius 3 is 2.51 bits per heavy atom. The minimum absolute atomic E-state index is 0. The van der Waals surface area contributed by atoms with Gasteiger partial charge in [-0.15, -0.1) is 11.8 Å². The van der Waals surface area contributed by atoms with Gasteiger partial charge in [0.2, 0.25) is 5.91 Å². The first-order chi connectivity index (χ1) is 19.9. The number of rotatable bonds is 7. The zero-order valence-corrected chi connectivity index (χ0v) is 23.1. The molecule has 2 heterocycles. The monoisotopic (exact) mass is 644 g/mol. The Bertz CT molecular complexity index is 1820. The second-order valence-electron chi connectivity index (χ2n) is 9.29. The number of halogens is 5. The van der Waals surface area contributed by atoms with Crippen LogP contribution >= 0.6 is 11.8 Å². The molecule has 0 spiro atoms. The summed E-state index contributed by atoms with van der Waals surface area (Å²) in [6.45, 7) is 0.276. The summed E-state index contributed by atoms with van der Waals surface area (Å²) in [5.41, 5.74) is -1.51. The number of fused-ring (bicyclic) bond motifs is 3. The van der Waals surface area contributed by atoms with Crippen LogP contribution in [0.5, 0.6) is 5.75 Å². The van der Waals surface area contributed by atoms with Gasteiger partial charge in [0.15, 0.2) is 11.6 Å². The van der Waals surface area contributed by atoms with Crippen molar-refractivity contribution >= 4 is 80.3 Å². The number of alkyl halides is 3. The van der Waals surface area contributed by atoms with Gasteiger partial charge in [-0.25, -0.2) is 18.5 Å². The summed E-state index contributed by atoms with van der Waals surface area (Å²) < 4.78 is 94.7. The van der Waals surface area contributed by atoms with Gasteiger partial charge in [0.05, 0.1) is 16.5 Å². The van der Waals surface area contributed by atoms with E-state index in [4.69, 9.17) is 4.74 Å². The normalized spacial score (nSPS) is 14.8. The first-order valence-corrected chi connectivity index (χ1v) is 15.0. The van der Waals surface area contributed by atoms with Crippen molar-refractivity contribution in [2.24, 2.45) is 0 Å². The molecule has 1 atom stereocenters. The van der Waals surface area contributed by atoms with E-state index < -0.39 is 39.5 Å². The Kier molecular flexibility index (Phi) is 10.2. The number of hydrogen-bond donors (Lipinski definition) is 1. The van der Waals surface area contributed by atoms with Crippen LogP contribution in [0, 0.1) is 11.6 Å². The maximum atomic E-state index is 13.7. The van der Waals surface area contributed by atoms with Crippen LogP contribution in [0.4, 0.5) is 22.0 Å². The number of carbonyl (C=O) groups is 1. The molecule has 0 saturated carbocycles. The van der Waals surface area contributed by atoms with E-state index in [-0.39, 0.29) is 47.2 Å². The average molecular weight is 645 g/mol. The van der Waals surface area contributed by atoms with Crippen molar-refractivity contribution in [2.45, 2.75) is 23.8 Å². The van der Waals surface area contributed by atoms with Gasteiger partial charge in [-0.3, -0.25) is 4.79 Å². The van der Waals surface area contributed by atoms with Crippen molar-refractivity contribution in [3.8, 4) is 5.75 Å². The number of aromatic nitrogens is 1. The Balaban J connectivity index is 0.00000423. The van der Waals surface area contributed by atoms with Crippen LogP contribution in [-0.2, 0) is 21.4 Å². The number of sulfonamides is 1. The summed E-state index contributed by atoms with van der Waals surface area (Å²) >= 11 is 1.27. The van der Waals surface area contributed by atoms with Crippen LogP contribution in [0.25, 0.3) is 23.1 Å². The fraction of sp³-hybridized carbons (Fsp3) is 0.172. The van der Waals surface area contributed by atoms with Crippen LogP contribution in [0.1, 0.15) is 39.6 Å². The molecule has 6 nitrogen and oxygen atoms in total. The molecule has 0 fully saturated rings. The number of ether oxygens (including phenoxy) is 1. The second kappa shape index (κ2) is 13.3. The van der Waals surface area contributed by atoms with E-state index in [2.05, 4.69) is 4.98 Å². The van der Waals surface area contributed by atoms with Crippen LogP contribution < -0.4 is 9.46 Å².